The maximum absolute atomic E-state index is 5.11. The van der Waals surface area contributed by atoms with Crippen LogP contribution in [-0.4, -0.2) is 19.9 Å². The van der Waals surface area contributed by atoms with E-state index in [1.165, 1.54) is 54.6 Å². The van der Waals surface area contributed by atoms with E-state index >= 15 is 0 Å². The number of hydrogen-bond donors (Lipinski definition) is 0. The van der Waals surface area contributed by atoms with E-state index in [2.05, 4.69) is 122 Å². The van der Waals surface area contributed by atoms with Crippen molar-refractivity contribution >= 4 is 32.3 Å². The van der Waals surface area contributed by atoms with Crippen LogP contribution in [0.4, 0.5) is 0 Å². The molecule has 9 aromatic rings. The monoisotopic (exact) mass is 652 g/mol. The summed E-state index contributed by atoms with van der Waals surface area (Å²) in [6, 6.07) is 51.7. The van der Waals surface area contributed by atoms with Gasteiger partial charge in [-0.3, -0.25) is 4.98 Å². The number of rotatable bonds is 4. The number of benzene rings is 7. The van der Waals surface area contributed by atoms with Crippen LogP contribution in [0.3, 0.4) is 0 Å². The fourth-order valence-corrected chi connectivity index (χ4v) is 8.08. The molecule has 0 radical (unpaired) electrons. The Bertz CT molecular complexity index is 2790. The average Bonchev–Trinajstić information content (AvgIpc) is 3.44. The largest absolute Gasteiger partial charge is 0.265 e. The van der Waals surface area contributed by atoms with Gasteiger partial charge in [-0.1, -0.05) is 141 Å². The summed E-state index contributed by atoms with van der Waals surface area (Å²) in [7, 11) is 0. The van der Waals surface area contributed by atoms with Crippen LogP contribution >= 0.6 is 0 Å². The quantitative estimate of drug-likeness (QED) is 0.178. The summed E-state index contributed by atoms with van der Waals surface area (Å²) >= 11 is 0. The molecule has 0 amide bonds. The van der Waals surface area contributed by atoms with Gasteiger partial charge in [-0.15, -0.1) is 0 Å². The molecule has 0 spiro atoms. The normalized spacial score (nSPS) is 13.1. The molecule has 0 fully saturated rings. The molecule has 1 aliphatic carbocycles. The molecule has 2 heterocycles. The van der Waals surface area contributed by atoms with Crippen molar-refractivity contribution in [2.24, 2.45) is 0 Å². The molecule has 2 aromatic heterocycles. The molecular weight excluding hydrogens is 621 g/mol. The summed E-state index contributed by atoms with van der Waals surface area (Å²) < 4.78 is 0. The number of fused-ring (bicyclic) bond motifs is 10. The fraction of sp³-hybridized carbons (Fsp3) is 0.0638. The van der Waals surface area contributed by atoms with E-state index in [0.717, 1.165) is 27.8 Å². The Hall–Kier alpha value is -6.52. The third-order valence-electron chi connectivity index (χ3n) is 10.6. The molecule has 7 aromatic carbocycles. The van der Waals surface area contributed by atoms with Crippen LogP contribution in [0.5, 0.6) is 0 Å². The smallest absolute Gasteiger partial charge is 0.164 e. The van der Waals surface area contributed by atoms with E-state index in [-0.39, 0.29) is 5.41 Å². The van der Waals surface area contributed by atoms with Crippen molar-refractivity contribution in [1.29, 1.82) is 0 Å². The van der Waals surface area contributed by atoms with Crippen molar-refractivity contribution < 1.29 is 0 Å². The zero-order valence-electron chi connectivity index (χ0n) is 28.3. The molecule has 240 valence electrons. The van der Waals surface area contributed by atoms with Crippen molar-refractivity contribution in [3.05, 3.63) is 169 Å². The molecule has 0 atom stereocenters. The second kappa shape index (κ2) is 11.3. The molecule has 51 heavy (non-hydrogen) atoms. The molecule has 0 N–H and O–H groups in total. The average molecular weight is 653 g/mol. The number of nitrogens with zero attached hydrogens (tertiary/aromatic N) is 4. The van der Waals surface area contributed by atoms with E-state index < -0.39 is 0 Å². The van der Waals surface area contributed by atoms with Gasteiger partial charge in [0.15, 0.2) is 17.5 Å². The number of aromatic nitrogens is 4. The van der Waals surface area contributed by atoms with Crippen LogP contribution in [-0.2, 0) is 5.41 Å². The Kier molecular flexibility index (Phi) is 6.49. The highest BCUT2D eigenvalue weighted by Gasteiger charge is 2.36. The third kappa shape index (κ3) is 4.60. The van der Waals surface area contributed by atoms with Crippen molar-refractivity contribution in [3.8, 4) is 56.4 Å². The zero-order chi connectivity index (χ0) is 34.1. The zero-order valence-corrected chi connectivity index (χ0v) is 28.3. The lowest BCUT2D eigenvalue weighted by atomic mass is 9.81. The van der Waals surface area contributed by atoms with Crippen LogP contribution < -0.4 is 0 Å². The van der Waals surface area contributed by atoms with Crippen LogP contribution in [0, 0.1) is 0 Å². The summed E-state index contributed by atoms with van der Waals surface area (Å²) in [6.07, 6.45) is 3.63. The third-order valence-corrected chi connectivity index (χ3v) is 10.6. The molecule has 0 saturated carbocycles. The van der Waals surface area contributed by atoms with Gasteiger partial charge in [0.05, 0.1) is 0 Å². The minimum atomic E-state index is -0.0633. The lowest BCUT2D eigenvalue weighted by Gasteiger charge is -2.22. The van der Waals surface area contributed by atoms with E-state index in [4.69, 9.17) is 15.0 Å². The second-order valence-electron chi connectivity index (χ2n) is 13.9. The minimum absolute atomic E-state index is 0.0633. The maximum Gasteiger partial charge on any atom is 0.164 e. The van der Waals surface area contributed by atoms with Gasteiger partial charge in [-0.05, 0) is 83.9 Å². The van der Waals surface area contributed by atoms with E-state index in [1.807, 2.05) is 54.9 Å². The summed E-state index contributed by atoms with van der Waals surface area (Å²) in [5.74, 6) is 1.93. The van der Waals surface area contributed by atoms with Gasteiger partial charge in [0.25, 0.3) is 0 Å². The molecule has 4 nitrogen and oxygen atoms in total. The predicted molar refractivity (Wildman–Crippen MR) is 209 cm³/mol. The molecule has 1 aliphatic rings. The van der Waals surface area contributed by atoms with Gasteiger partial charge in [-0.25, -0.2) is 15.0 Å². The SMILES string of the molecule is CC1(C)c2ccccc2-c2c1ccc1c3ccc(-c4nc(-c5ccccc5)nc(-c5ccc(-c6ccncc6)cc5)n4)cc3c3ccccc3c21. The minimum Gasteiger partial charge on any atom is -0.265 e. The Balaban J connectivity index is 1.18. The van der Waals surface area contributed by atoms with Gasteiger partial charge in [-0.2, -0.15) is 0 Å². The van der Waals surface area contributed by atoms with Crippen molar-refractivity contribution in [3.63, 3.8) is 0 Å². The Morgan fingerprint density at radius 2 is 0.922 bits per heavy atom. The Morgan fingerprint density at radius 3 is 1.69 bits per heavy atom. The van der Waals surface area contributed by atoms with Crippen LogP contribution in [0.2, 0.25) is 0 Å². The van der Waals surface area contributed by atoms with E-state index in [0.29, 0.717) is 17.5 Å². The molecule has 4 heteroatoms. The highest BCUT2D eigenvalue weighted by atomic mass is 15.0. The van der Waals surface area contributed by atoms with Crippen molar-refractivity contribution in [2.45, 2.75) is 19.3 Å². The summed E-state index contributed by atoms with van der Waals surface area (Å²) in [5, 5.41) is 7.48. The molecule has 0 aliphatic heterocycles. The second-order valence-corrected chi connectivity index (χ2v) is 13.9. The number of pyridine rings is 1. The van der Waals surface area contributed by atoms with Crippen LogP contribution in [0.25, 0.3) is 88.7 Å². The first-order chi connectivity index (χ1) is 25.0. The fourth-order valence-electron chi connectivity index (χ4n) is 8.08. The maximum atomic E-state index is 5.11. The first-order valence-corrected chi connectivity index (χ1v) is 17.4. The lowest BCUT2D eigenvalue weighted by molar-refractivity contribution is 0.661. The summed E-state index contributed by atoms with van der Waals surface area (Å²) in [4.78, 5) is 19.3. The standard InChI is InChI=1S/C47H32N4/c1-47(2)40-15-9-8-14-38(40)43-41(47)23-22-37-35-21-20-33(28-39(35)34-12-6-7-13-36(34)42(37)43)46-50-44(31-10-4-3-5-11-31)49-45(51-46)32-18-16-29(17-19-32)30-24-26-48-27-25-30/h3-28H,1-2H3. The lowest BCUT2D eigenvalue weighted by Crippen LogP contribution is -2.14. The van der Waals surface area contributed by atoms with Gasteiger partial charge in [0.2, 0.25) is 0 Å². The van der Waals surface area contributed by atoms with Gasteiger partial charge < -0.3 is 0 Å². The predicted octanol–water partition coefficient (Wildman–Crippen LogP) is 11.7. The van der Waals surface area contributed by atoms with E-state index in [9.17, 15) is 0 Å². The van der Waals surface area contributed by atoms with Gasteiger partial charge in [0.1, 0.15) is 0 Å². The van der Waals surface area contributed by atoms with Gasteiger partial charge >= 0.3 is 0 Å². The van der Waals surface area contributed by atoms with Gasteiger partial charge in [0, 0.05) is 34.5 Å². The highest BCUT2D eigenvalue weighted by molar-refractivity contribution is 6.29. The number of hydrogen-bond acceptors (Lipinski definition) is 4. The first-order valence-electron chi connectivity index (χ1n) is 17.4. The van der Waals surface area contributed by atoms with Crippen LogP contribution in [0.1, 0.15) is 25.0 Å². The summed E-state index contributed by atoms with van der Waals surface area (Å²) in [6.45, 7) is 4.70. The Labute approximate surface area is 296 Å². The van der Waals surface area contributed by atoms with E-state index in [1.54, 1.807) is 0 Å². The summed E-state index contributed by atoms with van der Waals surface area (Å²) in [5.41, 5.74) is 10.5. The van der Waals surface area contributed by atoms with Crippen molar-refractivity contribution in [1.82, 2.24) is 19.9 Å². The molecular formula is C47H32N4. The van der Waals surface area contributed by atoms with Crippen molar-refractivity contribution in [2.75, 3.05) is 0 Å². The molecule has 0 unspecified atom stereocenters. The molecule has 0 bridgehead atoms. The van der Waals surface area contributed by atoms with Crippen LogP contribution in [0.15, 0.2) is 158 Å². The Morgan fingerprint density at radius 1 is 0.392 bits per heavy atom. The topological polar surface area (TPSA) is 51.6 Å². The first kappa shape index (κ1) is 29.4. The highest BCUT2D eigenvalue weighted by Crippen LogP contribution is 2.53. The molecule has 10 rings (SSSR count). The molecule has 0 saturated heterocycles.